The van der Waals surface area contributed by atoms with Gasteiger partial charge in [0, 0.05) is 6.42 Å². The van der Waals surface area contributed by atoms with Crippen molar-refractivity contribution >= 4 is 5.78 Å². The van der Waals surface area contributed by atoms with Gasteiger partial charge in [-0.1, -0.05) is 19.1 Å². The number of para-hydroxylation sites is 1. The van der Waals surface area contributed by atoms with Crippen LogP contribution in [0.4, 0.5) is 13.2 Å². The van der Waals surface area contributed by atoms with Crippen molar-refractivity contribution < 1.29 is 22.7 Å². The highest BCUT2D eigenvalue weighted by Gasteiger charge is 2.32. The molecule has 0 amide bonds. The summed E-state index contributed by atoms with van der Waals surface area (Å²) in [6, 6.07) is 5.35. The van der Waals surface area contributed by atoms with E-state index in [4.69, 9.17) is 5.73 Å². The van der Waals surface area contributed by atoms with Gasteiger partial charge in [0.05, 0.1) is 5.56 Å². The number of rotatable bonds is 6. The average molecular weight is 275 g/mol. The van der Waals surface area contributed by atoms with E-state index >= 15 is 0 Å². The topological polar surface area (TPSA) is 52.3 Å². The van der Waals surface area contributed by atoms with Gasteiger partial charge < -0.3 is 10.5 Å². The molecule has 0 saturated heterocycles. The van der Waals surface area contributed by atoms with Gasteiger partial charge in [-0.25, -0.2) is 0 Å². The van der Waals surface area contributed by atoms with E-state index in [-0.39, 0.29) is 23.7 Å². The summed E-state index contributed by atoms with van der Waals surface area (Å²) in [5.41, 5.74) is 5.37. The zero-order chi connectivity index (χ0) is 14.5. The van der Waals surface area contributed by atoms with Gasteiger partial charge in [-0.2, -0.15) is 0 Å². The first kappa shape index (κ1) is 15.5. The van der Waals surface area contributed by atoms with Crippen LogP contribution < -0.4 is 10.5 Å². The number of ether oxygens (including phenoxy) is 1. The van der Waals surface area contributed by atoms with Crippen molar-refractivity contribution in [1.29, 1.82) is 0 Å². The molecule has 1 atom stereocenters. The van der Waals surface area contributed by atoms with E-state index in [9.17, 15) is 18.0 Å². The van der Waals surface area contributed by atoms with Gasteiger partial charge in [-0.15, -0.1) is 13.2 Å². The zero-order valence-electron chi connectivity index (χ0n) is 10.5. The zero-order valence-corrected chi connectivity index (χ0v) is 10.5. The van der Waals surface area contributed by atoms with Gasteiger partial charge in [0.25, 0.3) is 0 Å². The Morgan fingerprint density at radius 3 is 2.58 bits per heavy atom. The van der Waals surface area contributed by atoms with Gasteiger partial charge in [0.15, 0.2) is 5.78 Å². The first-order chi connectivity index (χ1) is 8.83. The predicted molar refractivity (Wildman–Crippen MR) is 64.9 cm³/mol. The van der Waals surface area contributed by atoms with E-state index in [1.807, 2.05) is 6.92 Å². The summed E-state index contributed by atoms with van der Waals surface area (Å²) in [5, 5.41) is 0. The Hall–Kier alpha value is -1.56. The second-order valence-corrected chi connectivity index (χ2v) is 4.35. The van der Waals surface area contributed by atoms with Crippen molar-refractivity contribution in [2.75, 3.05) is 6.54 Å². The van der Waals surface area contributed by atoms with E-state index in [0.29, 0.717) is 13.0 Å². The van der Waals surface area contributed by atoms with Crippen molar-refractivity contribution in [3.05, 3.63) is 29.8 Å². The van der Waals surface area contributed by atoms with Crippen molar-refractivity contribution in [2.24, 2.45) is 11.7 Å². The van der Waals surface area contributed by atoms with Gasteiger partial charge in [-0.3, -0.25) is 4.79 Å². The van der Waals surface area contributed by atoms with Gasteiger partial charge in [0.1, 0.15) is 5.75 Å². The molecular weight excluding hydrogens is 259 g/mol. The largest absolute Gasteiger partial charge is 0.573 e. The molecule has 19 heavy (non-hydrogen) atoms. The van der Waals surface area contributed by atoms with E-state index in [2.05, 4.69) is 4.74 Å². The number of halogens is 3. The Morgan fingerprint density at radius 2 is 2.00 bits per heavy atom. The number of Topliss-reactive ketones (excluding diaryl/α,β-unsaturated/α-hetero) is 1. The van der Waals surface area contributed by atoms with Crippen LogP contribution in [-0.2, 0) is 0 Å². The first-order valence-electron chi connectivity index (χ1n) is 5.91. The molecule has 2 N–H and O–H groups in total. The molecule has 1 unspecified atom stereocenters. The lowest BCUT2D eigenvalue weighted by Crippen LogP contribution is -2.19. The second kappa shape index (κ2) is 6.56. The minimum atomic E-state index is -4.80. The summed E-state index contributed by atoms with van der Waals surface area (Å²) >= 11 is 0. The lowest BCUT2D eigenvalue weighted by atomic mass is 9.99. The average Bonchev–Trinajstić information content (AvgIpc) is 2.34. The van der Waals surface area contributed by atoms with Crippen LogP contribution in [0.3, 0.4) is 0 Å². The molecule has 106 valence electrons. The standard InChI is InChI=1S/C13H16F3NO2/c1-9(8-17)6-7-11(18)10-4-2-3-5-12(10)19-13(14,15)16/h2-5,9H,6-8,17H2,1H3. The number of benzene rings is 1. The summed E-state index contributed by atoms with van der Waals surface area (Å²) in [7, 11) is 0. The van der Waals surface area contributed by atoms with Crippen LogP contribution in [-0.4, -0.2) is 18.7 Å². The molecule has 1 rings (SSSR count). The third kappa shape index (κ3) is 5.30. The van der Waals surface area contributed by atoms with Crippen LogP contribution in [0.5, 0.6) is 5.75 Å². The third-order valence-corrected chi connectivity index (χ3v) is 2.68. The summed E-state index contributed by atoms with van der Waals surface area (Å²) in [4.78, 5) is 11.9. The fraction of sp³-hybridized carbons (Fsp3) is 0.462. The minimum Gasteiger partial charge on any atom is -0.405 e. The molecule has 0 heterocycles. The molecule has 1 aromatic carbocycles. The Labute approximate surface area is 109 Å². The van der Waals surface area contributed by atoms with E-state index < -0.39 is 12.1 Å². The molecule has 0 bridgehead atoms. The fourth-order valence-corrected chi connectivity index (χ4v) is 1.54. The molecule has 6 heteroatoms. The maximum absolute atomic E-state index is 12.2. The number of hydrogen-bond donors (Lipinski definition) is 1. The smallest absolute Gasteiger partial charge is 0.405 e. The molecule has 0 saturated carbocycles. The van der Waals surface area contributed by atoms with E-state index in [1.165, 1.54) is 18.2 Å². The van der Waals surface area contributed by atoms with Crippen LogP contribution in [0.15, 0.2) is 24.3 Å². The number of alkyl halides is 3. The van der Waals surface area contributed by atoms with Crippen LogP contribution in [0.25, 0.3) is 0 Å². The van der Waals surface area contributed by atoms with Gasteiger partial charge in [-0.05, 0) is 31.0 Å². The number of carbonyl (C=O) groups is 1. The lowest BCUT2D eigenvalue weighted by Gasteiger charge is -2.13. The van der Waals surface area contributed by atoms with E-state index in [1.54, 1.807) is 0 Å². The predicted octanol–water partition coefficient (Wildman–Crippen LogP) is 3.14. The second-order valence-electron chi connectivity index (χ2n) is 4.35. The van der Waals surface area contributed by atoms with Gasteiger partial charge in [0.2, 0.25) is 0 Å². The Balaban J connectivity index is 2.79. The molecule has 0 aliphatic rings. The normalized spacial score (nSPS) is 13.1. The van der Waals surface area contributed by atoms with Crippen molar-refractivity contribution in [2.45, 2.75) is 26.1 Å². The molecular formula is C13H16F3NO2. The molecule has 0 aromatic heterocycles. The highest BCUT2D eigenvalue weighted by molar-refractivity contribution is 5.98. The molecule has 0 radical (unpaired) electrons. The Morgan fingerprint density at radius 1 is 1.37 bits per heavy atom. The third-order valence-electron chi connectivity index (χ3n) is 2.68. The fourth-order valence-electron chi connectivity index (χ4n) is 1.54. The van der Waals surface area contributed by atoms with Crippen molar-refractivity contribution in [3.63, 3.8) is 0 Å². The summed E-state index contributed by atoms with van der Waals surface area (Å²) in [6.45, 7) is 2.32. The molecule has 0 spiro atoms. The minimum absolute atomic E-state index is 0.0518. The number of ketones is 1. The lowest BCUT2D eigenvalue weighted by molar-refractivity contribution is -0.274. The van der Waals surface area contributed by atoms with Crippen LogP contribution >= 0.6 is 0 Å². The van der Waals surface area contributed by atoms with Crippen LogP contribution in [0, 0.1) is 5.92 Å². The molecule has 0 aliphatic carbocycles. The quantitative estimate of drug-likeness (QED) is 0.811. The first-order valence-corrected chi connectivity index (χ1v) is 5.91. The highest BCUT2D eigenvalue weighted by Crippen LogP contribution is 2.27. The van der Waals surface area contributed by atoms with E-state index in [0.717, 1.165) is 6.07 Å². The van der Waals surface area contributed by atoms with Crippen molar-refractivity contribution in [3.8, 4) is 5.75 Å². The number of carbonyl (C=O) groups excluding carboxylic acids is 1. The van der Waals surface area contributed by atoms with Gasteiger partial charge >= 0.3 is 6.36 Å². The molecule has 3 nitrogen and oxygen atoms in total. The van der Waals surface area contributed by atoms with Crippen LogP contribution in [0.2, 0.25) is 0 Å². The maximum atomic E-state index is 12.2. The van der Waals surface area contributed by atoms with Crippen LogP contribution in [0.1, 0.15) is 30.1 Å². The number of hydrogen-bond acceptors (Lipinski definition) is 3. The molecule has 0 aliphatic heterocycles. The number of nitrogens with two attached hydrogens (primary N) is 1. The SMILES string of the molecule is CC(CN)CCC(=O)c1ccccc1OC(F)(F)F. The summed E-state index contributed by atoms with van der Waals surface area (Å²) in [6.07, 6.45) is -4.12. The Bertz CT molecular complexity index is 432. The summed E-state index contributed by atoms with van der Waals surface area (Å²) < 4.78 is 40.5. The summed E-state index contributed by atoms with van der Waals surface area (Å²) in [5.74, 6) is -0.680. The highest BCUT2D eigenvalue weighted by atomic mass is 19.4. The van der Waals surface area contributed by atoms with Crippen molar-refractivity contribution in [1.82, 2.24) is 0 Å². The molecule has 0 fully saturated rings. The Kier molecular flexibility index (Phi) is 5.35. The maximum Gasteiger partial charge on any atom is 0.573 e. The monoisotopic (exact) mass is 275 g/mol. The molecule has 1 aromatic rings.